The van der Waals surface area contributed by atoms with Gasteiger partial charge in [0, 0.05) is 13.1 Å². The van der Waals surface area contributed by atoms with Gasteiger partial charge in [0.15, 0.2) is 0 Å². The Hall–Kier alpha value is -0.580. The van der Waals surface area contributed by atoms with Crippen molar-refractivity contribution < 1.29 is 10.2 Å². The van der Waals surface area contributed by atoms with Crippen molar-refractivity contribution in [2.45, 2.75) is 44.2 Å². The van der Waals surface area contributed by atoms with Crippen molar-refractivity contribution in [1.29, 1.82) is 0 Å². The molecule has 1 aromatic carbocycles. The van der Waals surface area contributed by atoms with Crippen molar-refractivity contribution in [2.24, 2.45) is 0 Å². The molecule has 0 heterocycles. The van der Waals surface area contributed by atoms with Gasteiger partial charge in [-0.15, -0.1) is 0 Å². The summed E-state index contributed by atoms with van der Waals surface area (Å²) >= 11 is 3.30. The summed E-state index contributed by atoms with van der Waals surface area (Å²) in [7, 11) is 0. The smallest absolute Gasteiger partial charge is 0.129 e. The van der Waals surface area contributed by atoms with Crippen LogP contribution in [0.25, 0.3) is 0 Å². The quantitative estimate of drug-likeness (QED) is 0.801. The monoisotopic (exact) mass is 313 g/mol. The Bertz CT molecular complexity index is 403. The van der Waals surface area contributed by atoms with E-state index in [9.17, 15) is 10.2 Å². The predicted molar refractivity (Wildman–Crippen MR) is 75.5 cm³/mol. The maximum atomic E-state index is 10.3. The second kappa shape index (κ2) is 6.04. The van der Waals surface area contributed by atoms with Crippen molar-refractivity contribution in [3.05, 3.63) is 28.2 Å². The van der Waals surface area contributed by atoms with E-state index in [0.29, 0.717) is 17.6 Å². The largest absolute Gasteiger partial charge is 0.507 e. The third kappa shape index (κ3) is 3.70. The molecule has 0 bridgehead atoms. The van der Waals surface area contributed by atoms with Crippen LogP contribution in [-0.4, -0.2) is 22.4 Å². The molecule has 1 aromatic rings. The van der Waals surface area contributed by atoms with Crippen LogP contribution in [0.2, 0.25) is 0 Å². The molecule has 0 radical (unpaired) electrons. The van der Waals surface area contributed by atoms with E-state index in [1.807, 2.05) is 12.1 Å². The van der Waals surface area contributed by atoms with Gasteiger partial charge in [0.1, 0.15) is 5.75 Å². The Kier molecular flexibility index (Phi) is 4.65. The molecule has 1 aliphatic carbocycles. The second-order valence-corrected chi connectivity index (χ2v) is 6.03. The lowest BCUT2D eigenvalue weighted by Gasteiger charge is -2.32. The highest BCUT2D eigenvalue weighted by molar-refractivity contribution is 9.10. The highest BCUT2D eigenvalue weighted by Crippen LogP contribution is 2.27. The minimum Gasteiger partial charge on any atom is -0.507 e. The van der Waals surface area contributed by atoms with E-state index in [2.05, 4.69) is 21.2 Å². The van der Waals surface area contributed by atoms with Crippen LogP contribution in [0.15, 0.2) is 22.7 Å². The number of phenolic OH excluding ortho intramolecular Hbond substituents is 1. The molecule has 1 aliphatic rings. The number of hydrogen-bond acceptors (Lipinski definition) is 3. The van der Waals surface area contributed by atoms with Gasteiger partial charge in [0.05, 0.1) is 10.1 Å². The highest BCUT2D eigenvalue weighted by Gasteiger charge is 2.28. The molecule has 0 aliphatic heterocycles. The topological polar surface area (TPSA) is 52.5 Å². The lowest BCUT2D eigenvalue weighted by Crippen LogP contribution is -2.41. The van der Waals surface area contributed by atoms with E-state index in [0.717, 1.165) is 31.2 Å². The van der Waals surface area contributed by atoms with Crippen LogP contribution in [0.1, 0.15) is 37.7 Å². The van der Waals surface area contributed by atoms with Gasteiger partial charge in [-0.1, -0.05) is 25.3 Å². The first kappa shape index (κ1) is 13.8. The van der Waals surface area contributed by atoms with Gasteiger partial charge in [-0.05, 0) is 46.5 Å². The minimum atomic E-state index is -0.521. The van der Waals surface area contributed by atoms with Gasteiger partial charge < -0.3 is 15.5 Å². The molecule has 3 nitrogen and oxygen atoms in total. The van der Waals surface area contributed by atoms with Crippen LogP contribution in [0.4, 0.5) is 0 Å². The summed E-state index contributed by atoms with van der Waals surface area (Å²) in [5.74, 6) is 0.254. The number of phenols is 1. The number of nitrogens with one attached hydrogen (secondary N) is 1. The van der Waals surface area contributed by atoms with E-state index < -0.39 is 5.60 Å². The molecule has 100 valence electrons. The average Bonchev–Trinajstić information content (AvgIpc) is 2.34. The van der Waals surface area contributed by atoms with E-state index in [4.69, 9.17) is 0 Å². The first-order valence-corrected chi connectivity index (χ1v) is 7.29. The third-order valence-electron chi connectivity index (χ3n) is 3.58. The SMILES string of the molecule is Oc1ccc(CNCC2(O)CCCCC2)cc1Br. The molecule has 0 unspecified atom stereocenters. The van der Waals surface area contributed by atoms with Gasteiger partial charge in [-0.3, -0.25) is 0 Å². The Morgan fingerprint density at radius 1 is 1.22 bits per heavy atom. The number of hydrogen-bond donors (Lipinski definition) is 3. The first-order chi connectivity index (χ1) is 8.59. The third-order valence-corrected chi connectivity index (χ3v) is 4.21. The lowest BCUT2D eigenvalue weighted by molar-refractivity contribution is 0.00467. The van der Waals surface area contributed by atoms with Crippen LogP contribution in [0, 0.1) is 0 Å². The van der Waals surface area contributed by atoms with Crippen LogP contribution >= 0.6 is 15.9 Å². The number of rotatable bonds is 4. The maximum absolute atomic E-state index is 10.3. The van der Waals surface area contributed by atoms with Crippen molar-refractivity contribution in [3.63, 3.8) is 0 Å². The minimum absolute atomic E-state index is 0.254. The molecule has 0 aromatic heterocycles. The summed E-state index contributed by atoms with van der Waals surface area (Å²) in [6, 6.07) is 5.46. The maximum Gasteiger partial charge on any atom is 0.129 e. The molecule has 0 spiro atoms. The van der Waals surface area contributed by atoms with Crippen LogP contribution in [0.3, 0.4) is 0 Å². The highest BCUT2D eigenvalue weighted by atomic mass is 79.9. The normalized spacial score (nSPS) is 18.8. The Labute approximate surface area is 116 Å². The summed E-state index contributed by atoms with van der Waals surface area (Å²) < 4.78 is 0.707. The molecular weight excluding hydrogens is 294 g/mol. The molecule has 3 N–H and O–H groups in total. The zero-order valence-electron chi connectivity index (χ0n) is 10.5. The second-order valence-electron chi connectivity index (χ2n) is 5.17. The molecule has 18 heavy (non-hydrogen) atoms. The van der Waals surface area contributed by atoms with Gasteiger partial charge in [-0.25, -0.2) is 0 Å². The fourth-order valence-corrected chi connectivity index (χ4v) is 2.91. The number of aromatic hydroxyl groups is 1. The molecule has 1 fully saturated rings. The predicted octanol–water partition coefficient (Wildman–Crippen LogP) is 2.94. The van der Waals surface area contributed by atoms with Crippen LogP contribution < -0.4 is 5.32 Å². The number of halogens is 1. The molecule has 4 heteroatoms. The standard InChI is InChI=1S/C14H20BrNO2/c15-12-8-11(4-5-13(12)17)9-16-10-14(18)6-2-1-3-7-14/h4-5,8,16-18H,1-3,6-7,9-10H2. The fourth-order valence-electron chi connectivity index (χ4n) is 2.49. The summed E-state index contributed by atoms with van der Waals surface area (Å²) in [6.07, 6.45) is 5.30. The zero-order valence-corrected chi connectivity index (χ0v) is 12.0. The fraction of sp³-hybridized carbons (Fsp3) is 0.571. The summed E-state index contributed by atoms with van der Waals surface area (Å²) in [5.41, 5.74) is 0.575. The average molecular weight is 314 g/mol. The van der Waals surface area contributed by atoms with Gasteiger partial charge in [0.2, 0.25) is 0 Å². The molecule has 0 saturated heterocycles. The summed E-state index contributed by atoms with van der Waals surface area (Å²) in [4.78, 5) is 0. The first-order valence-electron chi connectivity index (χ1n) is 6.50. The van der Waals surface area contributed by atoms with Crippen molar-refractivity contribution >= 4 is 15.9 Å². The molecule has 1 saturated carbocycles. The zero-order chi connectivity index (χ0) is 13.0. The van der Waals surface area contributed by atoms with Gasteiger partial charge >= 0.3 is 0 Å². The van der Waals surface area contributed by atoms with E-state index in [-0.39, 0.29) is 5.75 Å². The Morgan fingerprint density at radius 2 is 1.94 bits per heavy atom. The van der Waals surface area contributed by atoms with E-state index >= 15 is 0 Å². The lowest BCUT2D eigenvalue weighted by atomic mass is 9.85. The van der Waals surface area contributed by atoms with E-state index in [1.54, 1.807) is 6.07 Å². The van der Waals surface area contributed by atoms with Crippen LogP contribution in [0.5, 0.6) is 5.75 Å². The van der Waals surface area contributed by atoms with Gasteiger partial charge in [-0.2, -0.15) is 0 Å². The number of benzene rings is 1. The van der Waals surface area contributed by atoms with E-state index in [1.165, 1.54) is 6.42 Å². The van der Waals surface area contributed by atoms with Crippen molar-refractivity contribution in [2.75, 3.05) is 6.54 Å². The summed E-state index contributed by atoms with van der Waals surface area (Å²) in [6.45, 7) is 1.35. The van der Waals surface area contributed by atoms with Crippen LogP contribution in [-0.2, 0) is 6.54 Å². The Morgan fingerprint density at radius 3 is 2.61 bits per heavy atom. The molecule has 2 rings (SSSR count). The Balaban J connectivity index is 1.82. The molecule has 0 amide bonds. The molecular formula is C14H20BrNO2. The summed E-state index contributed by atoms with van der Waals surface area (Å²) in [5, 5.41) is 23.0. The van der Waals surface area contributed by atoms with Crippen molar-refractivity contribution in [1.82, 2.24) is 5.32 Å². The molecule has 0 atom stereocenters. The van der Waals surface area contributed by atoms with Gasteiger partial charge in [0.25, 0.3) is 0 Å². The number of aliphatic hydroxyl groups is 1. The van der Waals surface area contributed by atoms with Crippen molar-refractivity contribution in [3.8, 4) is 5.75 Å².